The fourth-order valence-electron chi connectivity index (χ4n) is 4.02. The fraction of sp³-hybridized carbons (Fsp3) is 0.720. The number of ether oxygens (including phenoxy) is 2. The molecule has 1 aliphatic rings. The molecule has 1 saturated heterocycles. The van der Waals surface area contributed by atoms with Crippen molar-refractivity contribution >= 4 is 5.78 Å². The summed E-state index contributed by atoms with van der Waals surface area (Å²) < 4.78 is 12.2. The van der Waals surface area contributed by atoms with Crippen LogP contribution >= 0.6 is 0 Å². The lowest BCUT2D eigenvalue weighted by atomic mass is 9.92. The van der Waals surface area contributed by atoms with Gasteiger partial charge in [0.1, 0.15) is 0 Å². The van der Waals surface area contributed by atoms with Gasteiger partial charge >= 0.3 is 0 Å². The molecule has 0 N–H and O–H groups in total. The predicted molar refractivity (Wildman–Crippen MR) is 116 cm³/mol. The first kappa shape index (κ1) is 23.1. The van der Waals surface area contributed by atoms with E-state index in [1.807, 2.05) is 30.3 Å². The lowest BCUT2D eigenvalue weighted by molar-refractivity contribution is -0.243. The molecule has 0 bridgehead atoms. The molecule has 4 atom stereocenters. The van der Waals surface area contributed by atoms with E-state index >= 15 is 0 Å². The fourth-order valence-corrected chi connectivity index (χ4v) is 4.02. The summed E-state index contributed by atoms with van der Waals surface area (Å²) in [5.41, 5.74) is 0.797. The number of benzene rings is 1. The summed E-state index contributed by atoms with van der Waals surface area (Å²) >= 11 is 0. The Bertz CT molecular complexity index is 542. The van der Waals surface area contributed by atoms with E-state index in [1.54, 1.807) is 0 Å². The van der Waals surface area contributed by atoms with Crippen LogP contribution in [0.15, 0.2) is 30.3 Å². The van der Waals surface area contributed by atoms with Gasteiger partial charge in [-0.25, -0.2) is 0 Å². The van der Waals surface area contributed by atoms with Gasteiger partial charge in [0, 0.05) is 17.9 Å². The molecule has 0 saturated carbocycles. The van der Waals surface area contributed by atoms with Crippen molar-refractivity contribution < 1.29 is 14.3 Å². The Morgan fingerprint density at radius 3 is 2.39 bits per heavy atom. The lowest BCUT2D eigenvalue weighted by Crippen LogP contribution is -2.40. The van der Waals surface area contributed by atoms with Gasteiger partial charge in [0.25, 0.3) is 0 Å². The van der Waals surface area contributed by atoms with Gasteiger partial charge in [-0.15, -0.1) is 0 Å². The van der Waals surface area contributed by atoms with Gasteiger partial charge in [0.15, 0.2) is 12.1 Å². The summed E-state index contributed by atoms with van der Waals surface area (Å²) in [6, 6.07) is 9.58. The Morgan fingerprint density at radius 2 is 1.68 bits per heavy atom. The van der Waals surface area contributed by atoms with Gasteiger partial charge in [0.2, 0.25) is 0 Å². The van der Waals surface area contributed by atoms with Crippen molar-refractivity contribution in [3.05, 3.63) is 35.9 Å². The van der Waals surface area contributed by atoms with Crippen LogP contribution < -0.4 is 0 Å². The van der Waals surface area contributed by atoms with E-state index in [0.717, 1.165) is 25.0 Å². The molecule has 0 aromatic heterocycles. The number of ketones is 1. The van der Waals surface area contributed by atoms with Crippen LogP contribution in [-0.2, 0) is 9.47 Å². The van der Waals surface area contributed by atoms with Crippen LogP contribution in [0.5, 0.6) is 0 Å². The Balaban J connectivity index is 1.69. The zero-order valence-electron chi connectivity index (χ0n) is 18.2. The molecule has 1 aromatic carbocycles. The minimum atomic E-state index is -0.117. The molecule has 2 rings (SSSR count). The van der Waals surface area contributed by atoms with E-state index in [0.29, 0.717) is 12.3 Å². The van der Waals surface area contributed by atoms with Crippen molar-refractivity contribution in [2.24, 2.45) is 11.8 Å². The third-order valence-corrected chi connectivity index (χ3v) is 5.96. The molecule has 0 spiro atoms. The van der Waals surface area contributed by atoms with Crippen molar-refractivity contribution in [2.45, 2.75) is 97.4 Å². The average Bonchev–Trinajstić information content (AvgIpc) is 2.73. The summed E-state index contributed by atoms with van der Waals surface area (Å²) in [5, 5.41) is 0. The molecule has 0 aliphatic carbocycles. The predicted octanol–water partition coefficient (Wildman–Crippen LogP) is 6.80. The standard InChI is InChI=1S/C25H40O3/c1-4-5-6-7-8-9-11-14-20(2)25-27-18-17-24(28-25)21(3)19-23(26)22-15-12-10-13-16-22/h10,12-13,15-16,20-21,24-25H,4-9,11,14,17-19H2,1-3H3. The minimum absolute atomic E-state index is 0.114. The van der Waals surface area contributed by atoms with Crippen LogP contribution in [-0.4, -0.2) is 24.8 Å². The molecule has 0 amide bonds. The van der Waals surface area contributed by atoms with Crippen LogP contribution in [0.1, 0.15) is 95.3 Å². The number of carbonyl (C=O) groups excluding carboxylic acids is 1. The van der Waals surface area contributed by atoms with Crippen LogP contribution in [0, 0.1) is 11.8 Å². The van der Waals surface area contributed by atoms with E-state index in [2.05, 4.69) is 20.8 Å². The highest BCUT2D eigenvalue weighted by atomic mass is 16.7. The average molecular weight is 389 g/mol. The van der Waals surface area contributed by atoms with E-state index < -0.39 is 0 Å². The number of hydrogen-bond acceptors (Lipinski definition) is 3. The molecule has 28 heavy (non-hydrogen) atoms. The topological polar surface area (TPSA) is 35.5 Å². The Morgan fingerprint density at radius 1 is 1.00 bits per heavy atom. The van der Waals surface area contributed by atoms with Gasteiger partial charge in [-0.3, -0.25) is 4.79 Å². The summed E-state index contributed by atoms with van der Waals surface area (Å²) in [5.74, 6) is 0.830. The number of carbonyl (C=O) groups is 1. The molecular weight excluding hydrogens is 348 g/mol. The van der Waals surface area contributed by atoms with Gasteiger partial charge < -0.3 is 9.47 Å². The van der Waals surface area contributed by atoms with E-state index in [1.165, 1.54) is 44.9 Å². The maximum atomic E-state index is 12.5. The van der Waals surface area contributed by atoms with E-state index in [-0.39, 0.29) is 24.1 Å². The van der Waals surface area contributed by atoms with Crippen molar-refractivity contribution in [3.63, 3.8) is 0 Å². The third-order valence-electron chi connectivity index (χ3n) is 5.96. The summed E-state index contributed by atoms with van der Waals surface area (Å²) in [7, 11) is 0. The maximum Gasteiger partial charge on any atom is 0.163 e. The first-order chi connectivity index (χ1) is 13.6. The molecule has 158 valence electrons. The highest BCUT2D eigenvalue weighted by molar-refractivity contribution is 5.96. The second-order valence-corrected chi connectivity index (χ2v) is 8.56. The Labute approximate surface area is 172 Å². The van der Waals surface area contributed by atoms with E-state index in [9.17, 15) is 4.79 Å². The van der Waals surface area contributed by atoms with Crippen LogP contribution in [0.2, 0.25) is 0 Å². The molecule has 3 nitrogen and oxygen atoms in total. The van der Waals surface area contributed by atoms with Gasteiger partial charge in [-0.05, 0) is 18.8 Å². The van der Waals surface area contributed by atoms with Crippen molar-refractivity contribution in [1.29, 1.82) is 0 Å². The summed E-state index contributed by atoms with van der Waals surface area (Å²) in [6.45, 7) is 7.37. The smallest absolute Gasteiger partial charge is 0.163 e. The van der Waals surface area contributed by atoms with E-state index in [4.69, 9.17) is 9.47 Å². The van der Waals surface area contributed by atoms with Crippen molar-refractivity contribution in [2.75, 3.05) is 6.61 Å². The number of Topliss-reactive ketones (excluding diaryl/α,β-unsaturated/α-hetero) is 1. The molecule has 0 radical (unpaired) electrons. The third kappa shape index (κ3) is 8.05. The highest BCUT2D eigenvalue weighted by Crippen LogP contribution is 2.28. The lowest BCUT2D eigenvalue weighted by Gasteiger charge is -2.36. The highest BCUT2D eigenvalue weighted by Gasteiger charge is 2.31. The molecule has 1 fully saturated rings. The molecule has 3 heteroatoms. The monoisotopic (exact) mass is 388 g/mol. The maximum absolute atomic E-state index is 12.5. The van der Waals surface area contributed by atoms with Crippen molar-refractivity contribution in [3.8, 4) is 0 Å². The van der Waals surface area contributed by atoms with Crippen molar-refractivity contribution in [1.82, 2.24) is 0 Å². The quantitative estimate of drug-likeness (QED) is 0.275. The van der Waals surface area contributed by atoms with Gasteiger partial charge in [0.05, 0.1) is 12.7 Å². The normalized spacial score (nSPS) is 22.0. The summed E-state index contributed by atoms with van der Waals surface area (Å²) in [4.78, 5) is 12.5. The molecule has 1 aliphatic heterocycles. The molecular formula is C25H40O3. The van der Waals surface area contributed by atoms with Crippen LogP contribution in [0.3, 0.4) is 0 Å². The second kappa shape index (κ2) is 13.1. The Hall–Kier alpha value is -1.19. The minimum Gasteiger partial charge on any atom is -0.352 e. The largest absolute Gasteiger partial charge is 0.352 e. The number of hydrogen-bond donors (Lipinski definition) is 0. The Kier molecular flexibility index (Phi) is 10.8. The van der Waals surface area contributed by atoms with Gasteiger partial charge in [-0.2, -0.15) is 0 Å². The molecule has 4 unspecified atom stereocenters. The summed E-state index contributed by atoms with van der Waals surface area (Å²) in [6.07, 6.45) is 11.9. The van der Waals surface area contributed by atoms with Gasteiger partial charge in [-0.1, -0.05) is 96.0 Å². The number of rotatable bonds is 13. The molecule has 1 heterocycles. The molecule has 1 aromatic rings. The first-order valence-corrected chi connectivity index (χ1v) is 11.5. The van der Waals surface area contributed by atoms with Crippen LogP contribution in [0.4, 0.5) is 0 Å². The zero-order valence-corrected chi connectivity index (χ0v) is 18.2. The first-order valence-electron chi connectivity index (χ1n) is 11.5. The number of unbranched alkanes of at least 4 members (excludes halogenated alkanes) is 6. The SMILES string of the molecule is CCCCCCCCCC(C)C1OCCC(C(C)CC(=O)c2ccccc2)O1. The van der Waals surface area contributed by atoms with Crippen LogP contribution in [0.25, 0.3) is 0 Å². The second-order valence-electron chi connectivity index (χ2n) is 8.56. The zero-order chi connectivity index (χ0) is 20.2.